The fourth-order valence-electron chi connectivity index (χ4n) is 2.78. The van der Waals surface area contributed by atoms with Gasteiger partial charge in [0.2, 0.25) is 0 Å². The van der Waals surface area contributed by atoms with Crippen LogP contribution in [-0.2, 0) is 0 Å². The van der Waals surface area contributed by atoms with E-state index < -0.39 is 0 Å². The van der Waals surface area contributed by atoms with Gasteiger partial charge in [0.1, 0.15) is 0 Å². The summed E-state index contributed by atoms with van der Waals surface area (Å²) >= 11 is 14.3. The third-order valence-corrected chi connectivity index (χ3v) is 5.73. The first-order chi connectivity index (χ1) is 9.51. The Morgan fingerprint density at radius 1 is 1.35 bits per heavy atom. The summed E-state index contributed by atoms with van der Waals surface area (Å²) in [6.45, 7) is 4.38. The number of hydrogen-bond acceptors (Lipinski definition) is 3. The molecule has 0 aromatic heterocycles. The van der Waals surface area contributed by atoms with E-state index in [-0.39, 0.29) is 6.04 Å². The first-order valence-electron chi connectivity index (χ1n) is 7.13. The van der Waals surface area contributed by atoms with Gasteiger partial charge in [-0.2, -0.15) is 11.8 Å². The van der Waals surface area contributed by atoms with E-state index in [1.807, 2.05) is 12.1 Å². The number of halogens is 2. The van der Waals surface area contributed by atoms with Crippen LogP contribution in [0.1, 0.15) is 44.7 Å². The Hall–Kier alpha value is -0.0900. The third-order valence-electron chi connectivity index (χ3n) is 3.87. The van der Waals surface area contributed by atoms with Crippen LogP contribution in [0.15, 0.2) is 12.1 Å². The highest BCUT2D eigenvalue weighted by Gasteiger charge is 2.25. The minimum atomic E-state index is 0.237. The van der Waals surface area contributed by atoms with Gasteiger partial charge in [0, 0.05) is 17.3 Å². The molecule has 1 aliphatic rings. The molecule has 2 rings (SSSR count). The molecular formula is C15H22Cl2N2S. The van der Waals surface area contributed by atoms with Crippen molar-refractivity contribution in [1.29, 1.82) is 0 Å². The zero-order chi connectivity index (χ0) is 14.7. The maximum atomic E-state index is 6.10. The van der Waals surface area contributed by atoms with Crippen LogP contribution in [0, 0.1) is 0 Å². The molecule has 3 atom stereocenters. The Morgan fingerprint density at radius 2 is 2.00 bits per heavy atom. The quantitative estimate of drug-likeness (QED) is 0.753. The number of rotatable bonds is 5. The van der Waals surface area contributed by atoms with Crippen LogP contribution >= 0.6 is 35.0 Å². The topological polar surface area (TPSA) is 38.0 Å². The van der Waals surface area contributed by atoms with Gasteiger partial charge >= 0.3 is 0 Å². The predicted molar refractivity (Wildman–Crippen MR) is 92.0 cm³/mol. The van der Waals surface area contributed by atoms with Crippen molar-refractivity contribution in [3.05, 3.63) is 27.7 Å². The molecular weight excluding hydrogens is 311 g/mol. The number of thioether (sulfide) groups is 1. The zero-order valence-corrected chi connectivity index (χ0v) is 14.3. The van der Waals surface area contributed by atoms with Gasteiger partial charge < -0.3 is 11.1 Å². The summed E-state index contributed by atoms with van der Waals surface area (Å²) in [7, 11) is 0. The molecule has 1 aromatic rings. The van der Waals surface area contributed by atoms with Crippen LogP contribution in [0.4, 0.5) is 5.69 Å². The summed E-state index contributed by atoms with van der Waals surface area (Å²) in [6.07, 6.45) is 3.81. The van der Waals surface area contributed by atoms with E-state index in [0.717, 1.165) is 10.8 Å². The second kappa shape index (κ2) is 7.26. The second-order valence-corrected chi connectivity index (χ2v) is 7.77. The maximum Gasteiger partial charge on any atom is 0.0693 e. The Morgan fingerprint density at radius 3 is 2.60 bits per heavy atom. The summed E-state index contributed by atoms with van der Waals surface area (Å²) in [4.78, 5) is 0. The Bertz CT molecular complexity index is 444. The van der Waals surface area contributed by atoms with Crippen LogP contribution in [-0.4, -0.2) is 17.0 Å². The highest BCUT2D eigenvalue weighted by molar-refractivity contribution is 7.99. The zero-order valence-electron chi connectivity index (χ0n) is 12.0. The van der Waals surface area contributed by atoms with E-state index in [4.69, 9.17) is 28.9 Å². The van der Waals surface area contributed by atoms with E-state index in [1.165, 1.54) is 25.0 Å². The molecule has 0 saturated heterocycles. The number of nitrogens with one attached hydrogen (secondary N) is 1. The van der Waals surface area contributed by atoms with Gasteiger partial charge in [-0.25, -0.2) is 0 Å². The van der Waals surface area contributed by atoms with Crippen LogP contribution in [0.3, 0.4) is 0 Å². The van der Waals surface area contributed by atoms with Crippen LogP contribution < -0.4 is 11.1 Å². The number of hydrogen-bond donors (Lipinski definition) is 2. The molecule has 1 aromatic carbocycles. The number of anilines is 1. The maximum absolute atomic E-state index is 6.10. The van der Waals surface area contributed by atoms with E-state index in [1.54, 1.807) is 0 Å². The Labute approximate surface area is 135 Å². The number of nitrogen functional groups attached to an aromatic ring is 1. The second-order valence-electron chi connectivity index (χ2n) is 5.37. The molecule has 2 nitrogen and oxygen atoms in total. The molecule has 20 heavy (non-hydrogen) atoms. The number of benzene rings is 1. The lowest BCUT2D eigenvalue weighted by Gasteiger charge is -2.21. The van der Waals surface area contributed by atoms with Crippen molar-refractivity contribution in [2.45, 2.75) is 50.4 Å². The third kappa shape index (κ3) is 3.97. The predicted octanol–water partition coefficient (Wildman–Crippen LogP) is 4.90. The van der Waals surface area contributed by atoms with Gasteiger partial charge in [-0.1, -0.05) is 30.1 Å². The lowest BCUT2D eigenvalue weighted by atomic mass is 10.1. The van der Waals surface area contributed by atoms with E-state index >= 15 is 0 Å². The smallest absolute Gasteiger partial charge is 0.0693 e. The van der Waals surface area contributed by atoms with E-state index in [0.29, 0.717) is 21.8 Å². The van der Waals surface area contributed by atoms with Gasteiger partial charge in [-0.3, -0.25) is 0 Å². The molecule has 0 bridgehead atoms. The average molecular weight is 333 g/mol. The Kier molecular flexibility index (Phi) is 5.91. The molecule has 1 aliphatic carbocycles. The highest BCUT2D eigenvalue weighted by Crippen LogP contribution is 2.33. The van der Waals surface area contributed by atoms with Crippen molar-refractivity contribution in [1.82, 2.24) is 5.32 Å². The van der Waals surface area contributed by atoms with Crippen LogP contribution in [0.5, 0.6) is 0 Å². The summed E-state index contributed by atoms with van der Waals surface area (Å²) in [6, 6.07) is 4.64. The molecule has 1 fully saturated rings. The normalized spacial score (nSPS) is 24.0. The minimum absolute atomic E-state index is 0.237. The lowest BCUT2D eigenvalue weighted by molar-refractivity contribution is 0.462. The van der Waals surface area contributed by atoms with Gasteiger partial charge in [-0.05, 0) is 49.6 Å². The molecule has 0 heterocycles. The molecule has 5 heteroatoms. The summed E-state index contributed by atoms with van der Waals surface area (Å²) in [5.41, 5.74) is 7.34. The van der Waals surface area contributed by atoms with Gasteiger partial charge in [0.15, 0.2) is 0 Å². The molecule has 3 unspecified atom stereocenters. The van der Waals surface area contributed by atoms with E-state index in [9.17, 15) is 0 Å². The first kappa shape index (κ1) is 16.3. The molecule has 0 aliphatic heterocycles. The highest BCUT2D eigenvalue weighted by atomic mass is 35.5. The number of nitrogens with two attached hydrogens (primary N) is 1. The van der Waals surface area contributed by atoms with Gasteiger partial charge in [0.25, 0.3) is 0 Å². The molecule has 0 spiro atoms. The molecule has 1 saturated carbocycles. The fraction of sp³-hybridized carbons (Fsp3) is 0.600. The fourth-order valence-corrected chi connectivity index (χ4v) is 4.43. The van der Waals surface area contributed by atoms with Crippen molar-refractivity contribution < 1.29 is 0 Å². The lowest BCUT2D eigenvalue weighted by Crippen LogP contribution is -2.29. The molecule has 112 valence electrons. The van der Waals surface area contributed by atoms with Crippen molar-refractivity contribution in [2.24, 2.45) is 0 Å². The molecule has 3 N–H and O–H groups in total. The van der Waals surface area contributed by atoms with Crippen molar-refractivity contribution in [3.63, 3.8) is 0 Å². The van der Waals surface area contributed by atoms with Gasteiger partial charge in [-0.15, -0.1) is 0 Å². The Balaban J connectivity index is 1.97. The van der Waals surface area contributed by atoms with Crippen molar-refractivity contribution in [3.8, 4) is 0 Å². The summed E-state index contributed by atoms with van der Waals surface area (Å²) in [5, 5.41) is 5.56. The van der Waals surface area contributed by atoms with Gasteiger partial charge in [0.05, 0.1) is 15.7 Å². The average Bonchev–Trinajstić information content (AvgIpc) is 2.83. The van der Waals surface area contributed by atoms with Crippen molar-refractivity contribution >= 4 is 40.7 Å². The summed E-state index contributed by atoms with van der Waals surface area (Å²) < 4.78 is 0. The molecule has 0 amide bonds. The monoisotopic (exact) mass is 332 g/mol. The standard InChI is InChI=1S/C15H22Cl2N2S/c1-3-20-12-5-4-11(8-12)19-9(2)10-6-13(16)15(18)14(17)7-10/h6-7,9,11-12,19H,3-5,8,18H2,1-2H3. The van der Waals surface area contributed by atoms with Crippen LogP contribution in [0.2, 0.25) is 10.0 Å². The summed E-state index contributed by atoms with van der Waals surface area (Å²) in [5.74, 6) is 1.20. The van der Waals surface area contributed by atoms with Crippen molar-refractivity contribution in [2.75, 3.05) is 11.5 Å². The molecule has 0 radical (unpaired) electrons. The van der Waals surface area contributed by atoms with E-state index in [2.05, 4.69) is 30.9 Å². The first-order valence-corrected chi connectivity index (χ1v) is 8.93. The minimum Gasteiger partial charge on any atom is -0.396 e. The largest absolute Gasteiger partial charge is 0.396 e. The SMILES string of the molecule is CCSC1CCC(NC(C)c2cc(Cl)c(N)c(Cl)c2)C1. The van der Waals surface area contributed by atoms with Crippen LogP contribution in [0.25, 0.3) is 0 Å².